The molecule has 33 heavy (non-hydrogen) atoms. The zero-order chi connectivity index (χ0) is 22.9. The molecule has 1 amide bonds. The predicted octanol–water partition coefficient (Wildman–Crippen LogP) is 5.30. The molecule has 3 aromatic rings. The molecule has 0 aliphatic carbocycles. The van der Waals surface area contributed by atoms with Gasteiger partial charge < -0.3 is 14.4 Å². The molecule has 5 nitrogen and oxygen atoms in total. The third kappa shape index (κ3) is 4.45. The fourth-order valence-corrected chi connectivity index (χ4v) is 5.05. The summed E-state index contributed by atoms with van der Waals surface area (Å²) in [5.41, 5.74) is 6.43. The summed E-state index contributed by atoms with van der Waals surface area (Å²) in [6, 6.07) is 18.5. The zero-order valence-electron chi connectivity index (χ0n) is 19.5. The molecule has 0 saturated carbocycles. The maximum absolute atomic E-state index is 13.3. The van der Waals surface area contributed by atoms with Crippen molar-refractivity contribution in [3.05, 3.63) is 77.1 Å². The van der Waals surface area contributed by atoms with Gasteiger partial charge in [-0.05, 0) is 79.3 Å². The van der Waals surface area contributed by atoms with Gasteiger partial charge in [0.15, 0.2) is 0 Å². The highest BCUT2D eigenvalue weighted by Crippen LogP contribution is 2.35. The lowest BCUT2D eigenvalue weighted by Gasteiger charge is -2.25. The Labute approximate surface area is 195 Å². The number of methoxy groups -OCH3 is 1. The summed E-state index contributed by atoms with van der Waals surface area (Å²) in [4.78, 5) is 20.2. The van der Waals surface area contributed by atoms with E-state index in [0.717, 1.165) is 65.4 Å². The smallest absolute Gasteiger partial charge is 0.227 e. The second-order valence-electron chi connectivity index (χ2n) is 9.15. The number of pyridine rings is 1. The normalized spacial score (nSPS) is 19.3. The second-order valence-corrected chi connectivity index (χ2v) is 9.15. The molecule has 1 aromatic heterocycles. The van der Waals surface area contributed by atoms with Crippen LogP contribution in [0.25, 0.3) is 11.1 Å². The molecule has 5 rings (SSSR count). The van der Waals surface area contributed by atoms with Gasteiger partial charge in [0.2, 0.25) is 5.91 Å². The second kappa shape index (κ2) is 8.89. The number of aryl methyl sites for hydroxylation is 1. The Kier molecular flexibility index (Phi) is 5.79. The summed E-state index contributed by atoms with van der Waals surface area (Å²) in [6.45, 7) is 4.88. The highest BCUT2D eigenvalue weighted by molar-refractivity contribution is 5.80. The van der Waals surface area contributed by atoms with Crippen molar-refractivity contribution in [3.63, 3.8) is 0 Å². The Hall–Kier alpha value is -3.34. The largest absolute Gasteiger partial charge is 0.497 e. The maximum atomic E-state index is 13.3. The molecule has 2 aliphatic heterocycles. The first-order chi connectivity index (χ1) is 16.0. The van der Waals surface area contributed by atoms with Gasteiger partial charge in [-0.3, -0.25) is 9.78 Å². The maximum Gasteiger partial charge on any atom is 0.227 e. The lowest BCUT2D eigenvalue weighted by atomic mass is 10.0. The van der Waals surface area contributed by atoms with Gasteiger partial charge in [-0.15, -0.1) is 0 Å². The first-order valence-corrected chi connectivity index (χ1v) is 11.7. The molecule has 0 spiro atoms. The molecule has 3 heterocycles. The number of carbonyl (C=O) groups excluding carboxylic acids is 1. The zero-order valence-corrected chi connectivity index (χ0v) is 19.5. The highest BCUT2D eigenvalue weighted by atomic mass is 16.5. The summed E-state index contributed by atoms with van der Waals surface area (Å²) in [5.74, 6) is 1.95. The summed E-state index contributed by atoms with van der Waals surface area (Å²) in [6.07, 6.45) is 3.47. The molecule has 5 heteroatoms. The molecule has 2 aliphatic rings. The third-order valence-corrected chi connectivity index (χ3v) is 6.63. The van der Waals surface area contributed by atoms with Crippen molar-refractivity contribution in [2.24, 2.45) is 0 Å². The van der Waals surface area contributed by atoms with Gasteiger partial charge in [-0.25, -0.2) is 0 Å². The van der Waals surface area contributed by atoms with Gasteiger partial charge >= 0.3 is 0 Å². The minimum absolute atomic E-state index is 0.0205. The Balaban J connectivity index is 1.36. The topological polar surface area (TPSA) is 51.7 Å². The highest BCUT2D eigenvalue weighted by Gasteiger charge is 2.31. The Morgan fingerprint density at radius 2 is 1.94 bits per heavy atom. The molecule has 0 radical (unpaired) electrons. The van der Waals surface area contributed by atoms with Crippen LogP contribution in [-0.2, 0) is 17.6 Å². The first-order valence-electron chi connectivity index (χ1n) is 11.7. The molecule has 2 atom stereocenters. The minimum atomic E-state index is 0.0205. The number of fused-ring (bicyclic) bond motifs is 1. The first kappa shape index (κ1) is 21.5. The quantitative estimate of drug-likeness (QED) is 0.538. The van der Waals surface area contributed by atoms with E-state index < -0.39 is 0 Å². The number of nitrogens with zero attached hydrogens (tertiary/aromatic N) is 2. The number of ether oxygens (including phenoxy) is 2. The van der Waals surface area contributed by atoms with E-state index in [1.165, 1.54) is 5.56 Å². The van der Waals surface area contributed by atoms with Crippen LogP contribution in [0.3, 0.4) is 0 Å². The summed E-state index contributed by atoms with van der Waals surface area (Å²) in [7, 11) is 1.67. The van der Waals surface area contributed by atoms with Crippen LogP contribution in [0, 0.1) is 6.92 Å². The van der Waals surface area contributed by atoms with E-state index in [1.807, 2.05) is 36.1 Å². The number of rotatable bonds is 5. The van der Waals surface area contributed by atoms with Crippen molar-refractivity contribution in [1.29, 1.82) is 0 Å². The van der Waals surface area contributed by atoms with Crippen LogP contribution >= 0.6 is 0 Å². The van der Waals surface area contributed by atoms with Crippen molar-refractivity contribution >= 4 is 5.91 Å². The van der Waals surface area contributed by atoms with Crippen molar-refractivity contribution in [2.75, 3.05) is 13.7 Å². The van der Waals surface area contributed by atoms with Crippen LogP contribution < -0.4 is 9.47 Å². The standard InChI is InChI=1S/C28H30N2O3/c1-18-13-22(21-7-9-24(32-3)10-8-21)17-25(29-18)26-5-4-12-30(26)28(31)16-20-6-11-27-23(15-20)14-19(2)33-27/h6-11,13,15,17,19,26H,4-5,12,14,16H2,1-3H3/t19-,26-/m0/s1. The van der Waals surface area contributed by atoms with Gasteiger partial charge in [0.1, 0.15) is 17.6 Å². The number of likely N-dealkylation sites (tertiary alicyclic amines) is 1. The molecule has 1 saturated heterocycles. The van der Waals surface area contributed by atoms with Crippen LogP contribution in [0.15, 0.2) is 54.6 Å². The SMILES string of the molecule is COc1ccc(-c2cc(C)nc([C@@H]3CCCN3C(=O)Cc3ccc4c(c3)C[C@H](C)O4)c2)cc1. The Morgan fingerprint density at radius 3 is 2.73 bits per heavy atom. The van der Waals surface area contributed by atoms with Crippen molar-refractivity contribution in [3.8, 4) is 22.6 Å². The van der Waals surface area contributed by atoms with E-state index in [0.29, 0.717) is 6.42 Å². The van der Waals surface area contributed by atoms with Crippen LogP contribution in [0.5, 0.6) is 11.5 Å². The summed E-state index contributed by atoms with van der Waals surface area (Å²) >= 11 is 0. The molecule has 0 N–H and O–H groups in total. The number of hydrogen-bond acceptors (Lipinski definition) is 4. The number of aromatic nitrogens is 1. The fourth-order valence-electron chi connectivity index (χ4n) is 5.05. The average Bonchev–Trinajstić information content (AvgIpc) is 3.44. The average molecular weight is 443 g/mol. The molecule has 2 aromatic carbocycles. The van der Waals surface area contributed by atoms with Crippen LogP contribution in [0.2, 0.25) is 0 Å². The monoisotopic (exact) mass is 442 g/mol. The minimum Gasteiger partial charge on any atom is -0.497 e. The Morgan fingerprint density at radius 1 is 1.12 bits per heavy atom. The van der Waals surface area contributed by atoms with Gasteiger partial charge in [-0.1, -0.05) is 24.3 Å². The van der Waals surface area contributed by atoms with Crippen LogP contribution in [0.1, 0.15) is 48.3 Å². The molecule has 170 valence electrons. The van der Waals surface area contributed by atoms with Crippen LogP contribution in [-0.4, -0.2) is 35.5 Å². The number of amides is 1. The predicted molar refractivity (Wildman–Crippen MR) is 129 cm³/mol. The van der Waals surface area contributed by atoms with E-state index in [9.17, 15) is 4.79 Å². The fraction of sp³-hybridized carbons (Fsp3) is 0.357. The summed E-state index contributed by atoms with van der Waals surface area (Å²) in [5, 5.41) is 0. The van der Waals surface area contributed by atoms with E-state index in [2.05, 4.69) is 37.3 Å². The van der Waals surface area contributed by atoms with Crippen molar-refractivity contribution in [1.82, 2.24) is 9.88 Å². The van der Waals surface area contributed by atoms with Crippen LogP contribution in [0.4, 0.5) is 0 Å². The van der Waals surface area contributed by atoms with E-state index >= 15 is 0 Å². The lowest BCUT2D eigenvalue weighted by Crippen LogP contribution is -2.32. The van der Waals surface area contributed by atoms with E-state index in [1.54, 1.807) is 7.11 Å². The molecule has 0 unspecified atom stereocenters. The van der Waals surface area contributed by atoms with Crippen molar-refractivity contribution in [2.45, 2.75) is 51.7 Å². The number of benzene rings is 2. The van der Waals surface area contributed by atoms with Crippen molar-refractivity contribution < 1.29 is 14.3 Å². The molecule has 1 fully saturated rings. The van der Waals surface area contributed by atoms with Gasteiger partial charge in [-0.2, -0.15) is 0 Å². The summed E-state index contributed by atoms with van der Waals surface area (Å²) < 4.78 is 11.1. The van der Waals surface area contributed by atoms with Gasteiger partial charge in [0.25, 0.3) is 0 Å². The molecular formula is C28H30N2O3. The number of hydrogen-bond donors (Lipinski definition) is 0. The molecular weight excluding hydrogens is 412 g/mol. The van der Waals surface area contributed by atoms with E-state index in [-0.39, 0.29) is 18.1 Å². The molecule has 0 bridgehead atoms. The lowest BCUT2D eigenvalue weighted by molar-refractivity contribution is -0.131. The number of carbonyl (C=O) groups is 1. The Bertz CT molecular complexity index is 1170. The third-order valence-electron chi connectivity index (χ3n) is 6.63. The van der Waals surface area contributed by atoms with Gasteiger partial charge in [0.05, 0.1) is 25.3 Å². The van der Waals surface area contributed by atoms with E-state index in [4.69, 9.17) is 14.5 Å². The van der Waals surface area contributed by atoms with Gasteiger partial charge in [0, 0.05) is 18.7 Å².